The van der Waals surface area contributed by atoms with E-state index in [1.807, 2.05) is 0 Å². The number of primary amides is 1. The highest BCUT2D eigenvalue weighted by molar-refractivity contribution is 6.67. The summed E-state index contributed by atoms with van der Waals surface area (Å²) < 4.78 is -3.48. The SMILES string of the molecule is NC(=O)c1cc(C(Cl)(Cl)Cl)cc(C(Cl)(Cl)Cl)c1. The van der Waals surface area contributed by atoms with Gasteiger partial charge in [0.2, 0.25) is 13.5 Å². The number of hydrogen-bond acceptors (Lipinski definition) is 1. The Bertz CT molecular complexity index is 416. The Hall–Kier alpha value is 0.430. The summed E-state index contributed by atoms with van der Waals surface area (Å²) in [6.07, 6.45) is 0. The number of amides is 1. The molecule has 1 aromatic rings. The molecule has 8 heteroatoms. The number of hydrogen-bond donors (Lipinski definition) is 1. The van der Waals surface area contributed by atoms with Gasteiger partial charge in [-0.05, 0) is 18.2 Å². The number of nitrogens with two attached hydrogens (primary N) is 1. The maximum Gasteiger partial charge on any atom is 0.248 e. The first-order valence-corrected chi connectivity index (χ1v) is 6.38. The lowest BCUT2D eigenvalue weighted by molar-refractivity contribution is 0.1000. The van der Waals surface area contributed by atoms with Crippen LogP contribution in [0.25, 0.3) is 0 Å². The van der Waals surface area contributed by atoms with Crippen LogP contribution in [0.2, 0.25) is 0 Å². The summed E-state index contributed by atoms with van der Waals surface area (Å²) in [7, 11) is 0. The van der Waals surface area contributed by atoms with Crippen molar-refractivity contribution in [2.75, 3.05) is 0 Å². The molecule has 1 rings (SSSR count). The van der Waals surface area contributed by atoms with Gasteiger partial charge in [0.15, 0.2) is 0 Å². The predicted octanol–water partition coefficient (Wildman–Crippen LogP) is 4.44. The third-order valence-corrected chi connectivity index (χ3v) is 3.18. The first-order chi connectivity index (χ1) is 7.51. The van der Waals surface area contributed by atoms with E-state index in [0.29, 0.717) is 0 Å². The van der Waals surface area contributed by atoms with Crippen molar-refractivity contribution in [1.82, 2.24) is 0 Å². The van der Waals surface area contributed by atoms with E-state index >= 15 is 0 Å². The molecule has 0 saturated heterocycles. The highest BCUT2D eigenvalue weighted by Gasteiger charge is 2.29. The molecule has 2 nitrogen and oxygen atoms in total. The van der Waals surface area contributed by atoms with E-state index in [4.69, 9.17) is 75.3 Å². The Labute approximate surface area is 128 Å². The van der Waals surface area contributed by atoms with Gasteiger partial charge in [-0.1, -0.05) is 69.6 Å². The Kier molecular flexibility index (Phi) is 4.74. The van der Waals surface area contributed by atoms with Crippen LogP contribution in [0.15, 0.2) is 18.2 Å². The molecule has 94 valence electrons. The molecule has 0 aliphatic carbocycles. The van der Waals surface area contributed by atoms with Crippen molar-refractivity contribution in [3.63, 3.8) is 0 Å². The van der Waals surface area contributed by atoms with Crippen molar-refractivity contribution in [2.24, 2.45) is 5.73 Å². The molecule has 2 N–H and O–H groups in total. The van der Waals surface area contributed by atoms with Gasteiger partial charge in [-0.15, -0.1) is 0 Å². The normalized spacial score (nSPS) is 12.6. The summed E-state index contributed by atoms with van der Waals surface area (Å²) in [5, 5.41) is 0. The van der Waals surface area contributed by atoms with Crippen LogP contribution < -0.4 is 5.73 Å². The average Bonchev–Trinajstić information content (AvgIpc) is 2.14. The molecule has 0 spiro atoms. The summed E-state index contributed by atoms with van der Waals surface area (Å²) >= 11 is 34.2. The maximum absolute atomic E-state index is 11.1. The van der Waals surface area contributed by atoms with E-state index in [2.05, 4.69) is 0 Å². The second-order valence-electron chi connectivity index (χ2n) is 3.16. The van der Waals surface area contributed by atoms with Crippen LogP contribution >= 0.6 is 69.6 Å². The van der Waals surface area contributed by atoms with Gasteiger partial charge in [-0.3, -0.25) is 4.79 Å². The molecule has 0 aliphatic heterocycles. The number of alkyl halides is 6. The van der Waals surface area contributed by atoms with Gasteiger partial charge in [-0.25, -0.2) is 0 Å². The van der Waals surface area contributed by atoms with E-state index in [-0.39, 0.29) is 16.7 Å². The Morgan fingerprint density at radius 2 is 1.24 bits per heavy atom. The van der Waals surface area contributed by atoms with Gasteiger partial charge in [-0.2, -0.15) is 0 Å². The minimum atomic E-state index is -1.74. The number of benzene rings is 1. The van der Waals surface area contributed by atoms with Gasteiger partial charge in [0.25, 0.3) is 0 Å². The maximum atomic E-state index is 11.1. The monoisotopic (exact) mass is 353 g/mol. The van der Waals surface area contributed by atoms with Crippen molar-refractivity contribution < 1.29 is 4.79 Å². The zero-order valence-corrected chi connectivity index (χ0v) is 12.5. The smallest absolute Gasteiger partial charge is 0.248 e. The zero-order chi connectivity index (χ0) is 13.4. The summed E-state index contributed by atoms with van der Waals surface area (Å²) in [4.78, 5) is 11.1. The van der Waals surface area contributed by atoms with Gasteiger partial charge in [0, 0.05) is 16.7 Å². The van der Waals surface area contributed by atoms with E-state index in [0.717, 1.165) is 0 Å². The molecule has 0 heterocycles. The first-order valence-electron chi connectivity index (χ1n) is 4.11. The zero-order valence-electron chi connectivity index (χ0n) is 7.99. The molecule has 0 saturated carbocycles. The van der Waals surface area contributed by atoms with Crippen LogP contribution in [0.3, 0.4) is 0 Å². The standard InChI is InChI=1S/C9H5Cl6NO/c10-8(11,12)5-1-4(7(16)17)2-6(3-5)9(13,14)15/h1-3H,(H2,16,17). The highest BCUT2D eigenvalue weighted by atomic mass is 35.6. The molecule has 0 aliphatic rings. The molecule has 0 unspecified atom stereocenters. The van der Waals surface area contributed by atoms with E-state index in [1.54, 1.807) is 0 Å². The lowest BCUT2D eigenvalue weighted by atomic mass is 10.1. The van der Waals surface area contributed by atoms with Gasteiger partial charge in [0.1, 0.15) is 0 Å². The predicted molar refractivity (Wildman–Crippen MR) is 73.4 cm³/mol. The Morgan fingerprint density at radius 3 is 1.47 bits per heavy atom. The Morgan fingerprint density at radius 1 is 0.882 bits per heavy atom. The molecule has 0 atom stereocenters. The lowest BCUT2D eigenvalue weighted by Gasteiger charge is -2.17. The molecule has 0 bridgehead atoms. The van der Waals surface area contributed by atoms with Crippen LogP contribution in [0.1, 0.15) is 21.5 Å². The molecule has 1 amide bonds. The fourth-order valence-corrected chi connectivity index (χ4v) is 1.75. The van der Waals surface area contributed by atoms with Crippen molar-refractivity contribution in [1.29, 1.82) is 0 Å². The molecule has 17 heavy (non-hydrogen) atoms. The lowest BCUT2D eigenvalue weighted by Crippen LogP contribution is -2.15. The van der Waals surface area contributed by atoms with Crippen molar-refractivity contribution in [3.05, 3.63) is 34.9 Å². The molecule has 1 aromatic carbocycles. The van der Waals surface area contributed by atoms with E-state index in [9.17, 15) is 4.79 Å². The summed E-state index contributed by atoms with van der Waals surface area (Å²) in [6, 6.07) is 4.04. The largest absolute Gasteiger partial charge is 0.366 e. The summed E-state index contributed by atoms with van der Waals surface area (Å²) in [5.74, 6) is -0.711. The second-order valence-corrected chi connectivity index (χ2v) is 7.72. The van der Waals surface area contributed by atoms with Crippen molar-refractivity contribution in [3.8, 4) is 0 Å². The van der Waals surface area contributed by atoms with Gasteiger partial charge >= 0.3 is 0 Å². The van der Waals surface area contributed by atoms with Crippen LogP contribution in [0, 0.1) is 0 Å². The first kappa shape index (κ1) is 15.5. The third kappa shape index (κ3) is 4.23. The van der Waals surface area contributed by atoms with Crippen molar-refractivity contribution >= 4 is 75.5 Å². The molecular formula is C9H5Cl6NO. The molecule has 0 fully saturated rings. The quantitative estimate of drug-likeness (QED) is 0.743. The van der Waals surface area contributed by atoms with Crippen molar-refractivity contribution in [2.45, 2.75) is 7.59 Å². The summed E-state index contributed by atoms with van der Waals surface area (Å²) in [5.41, 5.74) is 5.62. The molecule has 0 aromatic heterocycles. The fourth-order valence-electron chi connectivity index (χ4n) is 1.10. The van der Waals surface area contributed by atoms with Crippen LogP contribution in [0.4, 0.5) is 0 Å². The second kappa shape index (κ2) is 5.20. The summed E-state index contributed by atoms with van der Waals surface area (Å²) in [6.45, 7) is 0. The number of carbonyl (C=O) groups excluding carboxylic acids is 1. The minimum Gasteiger partial charge on any atom is -0.366 e. The van der Waals surface area contributed by atoms with Gasteiger partial charge in [0.05, 0.1) is 0 Å². The van der Waals surface area contributed by atoms with E-state index in [1.165, 1.54) is 18.2 Å². The number of carbonyl (C=O) groups is 1. The van der Waals surface area contributed by atoms with Gasteiger partial charge < -0.3 is 5.73 Å². The Balaban J connectivity index is 3.45. The fraction of sp³-hybridized carbons (Fsp3) is 0.222. The van der Waals surface area contributed by atoms with E-state index < -0.39 is 13.5 Å². The average molecular weight is 356 g/mol. The molecular weight excluding hydrogens is 351 g/mol. The number of rotatable bonds is 1. The minimum absolute atomic E-state index is 0.0927. The van der Waals surface area contributed by atoms with Crippen LogP contribution in [-0.2, 0) is 7.59 Å². The van der Waals surface area contributed by atoms with Crippen LogP contribution in [0.5, 0.6) is 0 Å². The highest BCUT2D eigenvalue weighted by Crippen LogP contribution is 2.43. The molecule has 0 radical (unpaired) electrons. The topological polar surface area (TPSA) is 43.1 Å². The number of halogens is 6. The third-order valence-electron chi connectivity index (χ3n) is 1.87. The van der Waals surface area contributed by atoms with Crippen LogP contribution in [-0.4, -0.2) is 5.91 Å².